The van der Waals surface area contributed by atoms with Gasteiger partial charge in [-0.1, -0.05) is 36.4 Å². The Hall–Kier alpha value is -3.81. The van der Waals surface area contributed by atoms with Gasteiger partial charge >= 0.3 is 11.9 Å². The van der Waals surface area contributed by atoms with Crippen LogP contribution in [0.2, 0.25) is 0 Å². The van der Waals surface area contributed by atoms with Crippen LogP contribution in [0, 0.1) is 0 Å². The third-order valence-electron chi connectivity index (χ3n) is 3.88. The van der Waals surface area contributed by atoms with Gasteiger partial charge in [0.05, 0.1) is 20.2 Å². The Morgan fingerprint density at radius 3 is 2.28 bits per heavy atom. The summed E-state index contributed by atoms with van der Waals surface area (Å²) in [5.41, 5.74) is 3.30. The fourth-order valence-electron chi connectivity index (χ4n) is 2.63. The lowest BCUT2D eigenvalue weighted by molar-refractivity contribution is -0.134. The van der Waals surface area contributed by atoms with Crippen LogP contribution in [0.1, 0.15) is 0 Å². The predicted octanol–water partition coefficient (Wildman–Crippen LogP) is 2.49. The largest absolute Gasteiger partial charge is 0.496 e. The van der Waals surface area contributed by atoms with Gasteiger partial charge in [0.25, 0.3) is 0 Å². The molecule has 1 heterocycles. The molecule has 8 heteroatoms. The zero-order valence-electron chi connectivity index (χ0n) is 16.0. The summed E-state index contributed by atoms with van der Waals surface area (Å²) < 4.78 is 5.47. The highest BCUT2D eigenvalue weighted by Gasteiger charge is 2.10. The molecule has 0 fully saturated rings. The fraction of sp³-hybridized carbons (Fsp3) is 0.190. The van der Waals surface area contributed by atoms with Crippen molar-refractivity contribution in [3.05, 3.63) is 60.7 Å². The molecule has 0 aliphatic carbocycles. The zero-order chi connectivity index (χ0) is 21.1. The summed E-state index contributed by atoms with van der Waals surface area (Å²) in [5, 5.41) is 22.4. The number of aliphatic carboxylic acids is 2. The van der Waals surface area contributed by atoms with Gasteiger partial charge in [-0.2, -0.15) is 0 Å². The maximum atomic E-state index is 9.55. The van der Waals surface area contributed by atoms with E-state index in [4.69, 9.17) is 14.9 Å². The lowest BCUT2D eigenvalue weighted by Gasteiger charge is -2.14. The minimum Gasteiger partial charge on any atom is -0.496 e. The van der Waals surface area contributed by atoms with E-state index in [0.29, 0.717) is 18.7 Å². The first kappa shape index (κ1) is 21.5. The molecule has 1 aliphatic rings. The number of rotatable bonds is 7. The Morgan fingerprint density at radius 1 is 1.07 bits per heavy atom. The molecule has 0 radical (unpaired) electrons. The molecule has 0 spiro atoms. The number of benzene rings is 2. The lowest BCUT2D eigenvalue weighted by Crippen LogP contribution is -2.26. The van der Waals surface area contributed by atoms with Crippen molar-refractivity contribution >= 4 is 23.5 Å². The predicted molar refractivity (Wildman–Crippen MR) is 112 cm³/mol. The first-order valence-corrected chi connectivity index (χ1v) is 8.88. The first-order chi connectivity index (χ1) is 14.0. The van der Waals surface area contributed by atoms with E-state index >= 15 is 0 Å². The van der Waals surface area contributed by atoms with Crippen LogP contribution in [0.25, 0.3) is 11.1 Å². The van der Waals surface area contributed by atoms with Crippen LogP contribution in [0.15, 0.2) is 65.7 Å². The fourth-order valence-corrected chi connectivity index (χ4v) is 2.63. The number of nitrogens with zero attached hydrogens (tertiary/aromatic N) is 1. The van der Waals surface area contributed by atoms with Gasteiger partial charge in [-0.05, 0) is 12.1 Å². The zero-order valence-corrected chi connectivity index (χ0v) is 16.0. The van der Waals surface area contributed by atoms with E-state index in [1.54, 1.807) is 7.11 Å². The lowest BCUT2D eigenvalue weighted by atomic mass is 10.0. The Bertz CT molecular complexity index is 893. The topological polar surface area (TPSA) is 120 Å². The summed E-state index contributed by atoms with van der Waals surface area (Å²) in [6.45, 7) is 2.52. The van der Waals surface area contributed by atoms with Gasteiger partial charge in [0.15, 0.2) is 0 Å². The van der Waals surface area contributed by atoms with Gasteiger partial charge < -0.3 is 25.6 Å². The monoisotopic (exact) mass is 397 g/mol. The quantitative estimate of drug-likeness (QED) is 0.530. The molecule has 1 aliphatic heterocycles. The highest BCUT2D eigenvalue weighted by atomic mass is 16.5. The SMILES string of the molecule is COc1ccccc1-c1ccccc1NCC1=NCCN1.O=C(O)C=CC(=O)O. The first-order valence-electron chi connectivity index (χ1n) is 8.88. The molecule has 0 amide bonds. The number of carboxylic acid groups (broad SMARTS) is 2. The number of anilines is 1. The van der Waals surface area contributed by atoms with Crippen LogP contribution < -0.4 is 15.4 Å². The van der Waals surface area contributed by atoms with Crippen molar-refractivity contribution in [2.45, 2.75) is 0 Å². The molecule has 4 N–H and O–H groups in total. The molecule has 2 aromatic carbocycles. The summed E-state index contributed by atoms with van der Waals surface area (Å²) >= 11 is 0. The number of ether oxygens (including phenoxy) is 1. The summed E-state index contributed by atoms with van der Waals surface area (Å²) in [4.78, 5) is 23.5. The second-order valence-corrected chi connectivity index (χ2v) is 5.86. The van der Waals surface area contributed by atoms with Crippen molar-refractivity contribution in [2.75, 3.05) is 32.1 Å². The molecule has 152 valence electrons. The third kappa shape index (κ3) is 7.02. The summed E-state index contributed by atoms with van der Waals surface area (Å²) in [6, 6.07) is 16.3. The van der Waals surface area contributed by atoms with Crippen LogP contribution in [0.3, 0.4) is 0 Å². The molecular formula is C21H23N3O5. The van der Waals surface area contributed by atoms with Gasteiger partial charge in [-0.3, -0.25) is 4.99 Å². The Balaban J connectivity index is 0.000000321. The van der Waals surface area contributed by atoms with E-state index in [-0.39, 0.29) is 0 Å². The van der Waals surface area contributed by atoms with E-state index < -0.39 is 11.9 Å². The van der Waals surface area contributed by atoms with Crippen molar-refractivity contribution < 1.29 is 24.5 Å². The maximum absolute atomic E-state index is 9.55. The number of hydrogen-bond donors (Lipinski definition) is 4. The molecule has 29 heavy (non-hydrogen) atoms. The summed E-state index contributed by atoms with van der Waals surface area (Å²) in [7, 11) is 1.70. The molecule has 0 aromatic heterocycles. The minimum atomic E-state index is -1.26. The molecule has 0 saturated heterocycles. The van der Waals surface area contributed by atoms with E-state index in [2.05, 4.69) is 33.8 Å². The highest BCUT2D eigenvalue weighted by Crippen LogP contribution is 2.34. The average molecular weight is 397 g/mol. The number of amidine groups is 1. The van der Waals surface area contributed by atoms with Crippen molar-refractivity contribution in [2.24, 2.45) is 4.99 Å². The maximum Gasteiger partial charge on any atom is 0.328 e. The van der Waals surface area contributed by atoms with E-state index in [9.17, 15) is 9.59 Å². The molecule has 0 unspecified atom stereocenters. The minimum absolute atomic E-state index is 0.558. The van der Waals surface area contributed by atoms with Gasteiger partial charge in [0, 0.05) is 35.5 Å². The van der Waals surface area contributed by atoms with E-state index in [0.717, 1.165) is 41.5 Å². The van der Waals surface area contributed by atoms with Crippen LogP contribution >= 0.6 is 0 Å². The second-order valence-electron chi connectivity index (χ2n) is 5.86. The van der Waals surface area contributed by atoms with Gasteiger partial charge in [-0.15, -0.1) is 0 Å². The molecule has 0 saturated carbocycles. The highest BCUT2D eigenvalue weighted by molar-refractivity contribution is 5.90. The van der Waals surface area contributed by atoms with Crippen LogP contribution in [-0.2, 0) is 9.59 Å². The molecule has 0 bridgehead atoms. The normalized spacial score (nSPS) is 12.4. The summed E-state index contributed by atoms with van der Waals surface area (Å²) in [6.07, 6.45) is 1.12. The third-order valence-corrected chi connectivity index (χ3v) is 3.88. The molecule has 2 aromatic rings. The molecule has 8 nitrogen and oxygen atoms in total. The number of hydrogen-bond acceptors (Lipinski definition) is 6. The molecule has 0 atom stereocenters. The average Bonchev–Trinajstić information content (AvgIpc) is 3.25. The number of carbonyl (C=O) groups is 2. The van der Waals surface area contributed by atoms with Crippen LogP contribution in [0.5, 0.6) is 5.75 Å². The van der Waals surface area contributed by atoms with Crippen LogP contribution in [0.4, 0.5) is 5.69 Å². The molecule has 3 rings (SSSR count). The van der Waals surface area contributed by atoms with Crippen molar-refractivity contribution in [3.63, 3.8) is 0 Å². The smallest absolute Gasteiger partial charge is 0.328 e. The Kier molecular flexibility index (Phi) is 8.25. The summed E-state index contributed by atoms with van der Waals surface area (Å²) in [5.74, 6) is -0.618. The standard InChI is InChI=1S/C17H19N3O.C4H4O4/c1-21-16-9-5-3-7-14(16)13-6-2-4-8-15(13)20-12-17-18-10-11-19-17;5-3(6)1-2-4(7)8/h2-9,20H,10-12H2,1H3,(H,18,19);1-2H,(H,5,6)(H,7,8). The number of aliphatic imine (C=N–C) groups is 1. The van der Waals surface area contributed by atoms with Gasteiger partial charge in [-0.25, -0.2) is 9.59 Å². The van der Waals surface area contributed by atoms with E-state index in [1.165, 1.54) is 0 Å². The number of para-hydroxylation sites is 2. The number of methoxy groups -OCH3 is 1. The molecular weight excluding hydrogens is 374 g/mol. The Morgan fingerprint density at radius 2 is 1.69 bits per heavy atom. The van der Waals surface area contributed by atoms with Gasteiger partial charge in [0.2, 0.25) is 0 Å². The number of nitrogens with one attached hydrogen (secondary N) is 2. The van der Waals surface area contributed by atoms with Gasteiger partial charge in [0.1, 0.15) is 11.6 Å². The van der Waals surface area contributed by atoms with E-state index in [1.807, 2.05) is 30.3 Å². The second kappa shape index (κ2) is 11.1. The Labute approximate surface area is 168 Å². The van der Waals surface area contributed by atoms with Crippen molar-refractivity contribution in [1.29, 1.82) is 0 Å². The number of carboxylic acids is 2. The van der Waals surface area contributed by atoms with Crippen molar-refractivity contribution in [1.82, 2.24) is 5.32 Å². The van der Waals surface area contributed by atoms with Crippen LogP contribution in [-0.4, -0.2) is 54.7 Å². The van der Waals surface area contributed by atoms with Crippen molar-refractivity contribution in [3.8, 4) is 16.9 Å².